The number of likely N-dealkylation sites (tertiary alicyclic amines) is 1. The minimum absolute atomic E-state index is 0.118. The van der Waals surface area contributed by atoms with E-state index in [2.05, 4.69) is 10.2 Å². The molecule has 8 nitrogen and oxygen atoms in total. The van der Waals surface area contributed by atoms with Crippen molar-refractivity contribution in [2.24, 2.45) is 5.73 Å². The van der Waals surface area contributed by atoms with Crippen LogP contribution in [-0.4, -0.2) is 58.6 Å². The average Bonchev–Trinajstić information content (AvgIpc) is 3.19. The number of nitrogens with zero attached hydrogens (tertiary/aromatic N) is 2. The van der Waals surface area contributed by atoms with Crippen molar-refractivity contribution in [2.45, 2.75) is 50.7 Å². The summed E-state index contributed by atoms with van der Waals surface area (Å²) in [5.74, 6) is -1.90. The van der Waals surface area contributed by atoms with Crippen LogP contribution in [0.25, 0.3) is 0 Å². The largest absolute Gasteiger partial charge is 0.330 e. The summed E-state index contributed by atoms with van der Waals surface area (Å²) in [6.45, 7) is 2.36. The van der Waals surface area contributed by atoms with Crippen LogP contribution in [-0.2, 0) is 16.1 Å². The molecule has 2 atom stereocenters. The van der Waals surface area contributed by atoms with E-state index in [1.54, 1.807) is 12.1 Å². The summed E-state index contributed by atoms with van der Waals surface area (Å²) in [5.41, 5.74) is 7.33. The predicted molar refractivity (Wildman–Crippen MR) is 100 cm³/mol. The number of carbonyl (C=O) groups is 4. The van der Waals surface area contributed by atoms with Gasteiger partial charge in [-0.1, -0.05) is 6.07 Å². The van der Waals surface area contributed by atoms with Crippen LogP contribution >= 0.6 is 0 Å². The van der Waals surface area contributed by atoms with Gasteiger partial charge >= 0.3 is 0 Å². The number of rotatable bonds is 5. The van der Waals surface area contributed by atoms with Gasteiger partial charge in [-0.25, -0.2) is 0 Å². The Labute approximate surface area is 163 Å². The molecule has 0 spiro atoms. The van der Waals surface area contributed by atoms with E-state index in [9.17, 15) is 19.2 Å². The molecule has 28 heavy (non-hydrogen) atoms. The van der Waals surface area contributed by atoms with Gasteiger partial charge in [0.2, 0.25) is 11.8 Å². The van der Waals surface area contributed by atoms with E-state index < -0.39 is 23.8 Å². The molecule has 0 aliphatic carbocycles. The molecule has 2 saturated heterocycles. The molecule has 1 unspecified atom stereocenters. The van der Waals surface area contributed by atoms with Gasteiger partial charge in [0.1, 0.15) is 6.04 Å². The van der Waals surface area contributed by atoms with Crippen LogP contribution in [0, 0.1) is 0 Å². The fraction of sp³-hybridized carbons (Fsp3) is 0.500. The van der Waals surface area contributed by atoms with Crippen LogP contribution in [0.15, 0.2) is 18.2 Å². The normalized spacial score (nSPS) is 25.4. The molecule has 0 bridgehead atoms. The molecule has 4 rings (SSSR count). The summed E-state index contributed by atoms with van der Waals surface area (Å²) in [6.07, 6.45) is 3.49. The number of carbonyl (C=O) groups excluding carboxylic acids is 4. The quantitative estimate of drug-likeness (QED) is 0.711. The topological polar surface area (TPSA) is 113 Å². The Bertz CT molecular complexity index is 853. The standard InChI is InChI=1S/C20H24N4O4/c21-8-7-13-2-1-9-23(13)11-12-3-4-14-15(10-12)20(28)24(19(14)27)16-5-6-17(25)22-18(16)26/h3-4,10,13,16H,1-2,5-9,11,21H2,(H,22,25,26)/t13-,16?/m0/s1. The lowest BCUT2D eigenvalue weighted by molar-refractivity contribution is -0.136. The molecule has 4 amide bonds. The molecule has 3 aliphatic rings. The number of fused-ring (bicyclic) bond motifs is 1. The van der Waals surface area contributed by atoms with Gasteiger partial charge in [-0.05, 0) is 56.5 Å². The van der Waals surface area contributed by atoms with Crippen LogP contribution in [0.5, 0.6) is 0 Å². The monoisotopic (exact) mass is 384 g/mol. The third kappa shape index (κ3) is 3.22. The van der Waals surface area contributed by atoms with E-state index >= 15 is 0 Å². The third-order valence-corrected chi connectivity index (χ3v) is 5.89. The molecule has 3 heterocycles. The van der Waals surface area contributed by atoms with Crippen molar-refractivity contribution in [3.05, 3.63) is 34.9 Å². The van der Waals surface area contributed by atoms with Gasteiger partial charge in [0.05, 0.1) is 11.1 Å². The second kappa shape index (κ2) is 7.44. The van der Waals surface area contributed by atoms with E-state index in [1.807, 2.05) is 6.07 Å². The highest BCUT2D eigenvalue weighted by Crippen LogP contribution is 2.29. The summed E-state index contributed by atoms with van der Waals surface area (Å²) < 4.78 is 0. The number of benzene rings is 1. The second-order valence-electron chi connectivity index (χ2n) is 7.67. The molecular formula is C20H24N4O4. The zero-order chi connectivity index (χ0) is 19.8. The van der Waals surface area contributed by atoms with Gasteiger partial charge in [0, 0.05) is 19.0 Å². The smallest absolute Gasteiger partial charge is 0.262 e. The van der Waals surface area contributed by atoms with Crippen molar-refractivity contribution in [3.63, 3.8) is 0 Å². The van der Waals surface area contributed by atoms with Crippen LogP contribution < -0.4 is 11.1 Å². The molecule has 3 aliphatic heterocycles. The van der Waals surface area contributed by atoms with E-state index in [0.717, 1.165) is 36.3 Å². The first-order valence-corrected chi connectivity index (χ1v) is 9.78. The summed E-state index contributed by atoms with van der Waals surface area (Å²) in [4.78, 5) is 52.5. The van der Waals surface area contributed by atoms with Gasteiger partial charge in [0.25, 0.3) is 11.8 Å². The van der Waals surface area contributed by atoms with Crippen LogP contribution in [0.1, 0.15) is 58.4 Å². The maximum Gasteiger partial charge on any atom is 0.262 e. The zero-order valence-electron chi connectivity index (χ0n) is 15.6. The molecule has 0 radical (unpaired) electrons. The third-order valence-electron chi connectivity index (χ3n) is 5.89. The van der Waals surface area contributed by atoms with Gasteiger partial charge in [0.15, 0.2) is 0 Å². The fourth-order valence-corrected chi connectivity index (χ4v) is 4.47. The zero-order valence-corrected chi connectivity index (χ0v) is 15.6. The Hall–Kier alpha value is -2.58. The van der Waals surface area contributed by atoms with Gasteiger partial charge < -0.3 is 5.73 Å². The molecule has 0 aromatic heterocycles. The number of nitrogens with two attached hydrogens (primary N) is 1. The Morgan fingerprint density at radius 3 is 2.61 bits per heavy atom. The predicted octanol–water partition coefficient (Wildman–Crippen LogP) is 0.401. The van der Waals surface area contributed by atoms with E-state index in [0.29, 0.717) is 30.3 Å². The van der Waals surface area contributed by atoms with Crippen molar-refractivity contribution >= 4 is 23.6 Å². The van der Waals surface area contributed by atoms with Crippen molar-refractivity contribution in [2.75, 3.05) is 13.1 Å². The van der Waals surface area contributed by atoms with Crippen molar-refractivity contribution in [1.29, 1.82) is 0 Å². The summed E-state index contributed by atoms with van der Waals surface area (Å²) in [5, 5.41) is 2.21. The van der Waals surface area contributed by atoms with Gasteiger partial charge in [-0.2, -0.15) is 0 Å². The Morgan fingerprint density at radius 1 is 1.07 bits per heavy atom. The molecule has 1 aromatic carbocycles. The summed E-state index contributed by atoms with van der Waals surface area (Å²) >= 11 is 0. The lowest BCUT2D eigenvalue weighted by atomic mass is 10.0. The highest BCUT2D eigenvalue weighted by molar-refractivity contribution is 6.23. The molecule has 0 saturated carbocycles. The Morgan fingerprint density at radius 2 is 1.86 bits per heavy atom. The van der Waals surface area contributed by atoms with Crippen LogP contribution in [0.3, 0.4) is 0 Å². The average molecular weight is 384 g/mol. The number of nitrogens with one attached hydrogen (secondary N) is 1. The highest BCUT2D eigenvalue weighted by Gasteiger charge is 2.44. The molecule has 3 N–H and O–H groups in total. The number of imide groups is 2. The minimum Gasteiger partial charge on any atom is -0.330 e. The molecule has 8 heteroatoms. The first kappa shape index (κ1) is 18.8. The van der Waals surface area contributed by atoms with Gasteiger partial charge in [-0.15, -0.1) is 0 Å². The molecule has 2 fully saturated rings. The second-order valence-corrected chi connectivity index (χ2v) is 7.67. The van der Waals surface area contributed by atoms with Crippen LogP contribution in [0.2, 0.25) is 0 Å². The minimum atomic E-state index is -0.930. The van der Waals surface area contributed by atoms with E-state index in [-0.39, 0.29) is 18.7 Å². The number of piperidine rings is 1. The molecular weight excluding hydrogens is 360 g/mol. The SMILES string of the molecule is NCC[C@@H]1CCCN1Cc1ccc2c(c1)C(=O)N(C1CCC(=O)NC1=O)C2=O. The number of amides is 4. The first-order valence-electron chi connectivity index (χ1n) is 9.78. The number of hydrogen-bond acceptors (Lipinski definition) is 6. The lowest BCUT2D eigenvalue weighted by Gasteiger charge is -2.27. The maximum atomic E-state index is 12.9. The van der Waals surface area contributed by atoms with Crippen molar-refractivity contribution in [1.82, 2.24) is 15.1 Å². The van der Waals surface area contributed by atoms with E-state index in [4.69, 9.17) is 5.73 Å². The van der Waals surface area contributed by atoms with Crippen molar-refractivity contribution in [3.8, 4) is 0 Å². The van der Waals surface area contributed by atoms with Gasteiger partial charge in [-0.3, -0.25) is 34.3 Å². The maximum absolute atomic E-state index is 12.9. The molecule has 1 aromatic rings. The summed E-state index contributed by atoms with van der Waals surface area (Å²) in [7, 11) is 0. The molecule has 148 valence electrons. The fourth-order valence-electron chi connectivity index (χ4n) is 4.47. The summed E-state index contributed by atoms with van der Waals surface area (Å²) in [6, 6.07) is 4.83. The first-order chi connectivity index (χ1) is 13.5. The van der Waals surface area contributed by atoms with E-state index in [1.165, 1.54) is 0 Å². The lowest BCUT2D eigenvalue weighted by Crippen LogP contribution is -2.54. The highest BCUT2D eigenvalue weighted by atomic mass is 16.2. The van der Waals surface area contributed by atoms with Crippen molar-refractivity contribution < 1.29 is 19.2 Å². The Kier molecular flexibility index (Phi) is 4.99. The van der Waals surface area contributed by atoms with Crippen LogP contribution in [0.4, 0.5) is 0 Å². The Balaban J connectivity index is 1.54. The number of hydrogen-bond donors (Lipinski definition) is 2.